The van der Waals surface area contributed by atoms with E-state index in [9.17, 15) is 0 Å². The van der Waals surface area contributed by atoms with E-state index in [4.69, 9.17) is 9.97 Å². The molecule has 1 aliphatic rings. The lowest BCUT2D eigenvalue weighted by molar-refractivity contribution is 0.959. The summed E-state index contributed by atoms with van der Waals surface area (Å²) in [4.78, 5) is 16.9. The summed E-state index contributed by atoms with van der Waals surface area (Å²) in [6.07, 6.45) is 3.71. The van der Waals surface area contributed by atoms with Gasteiger partial charge in [0.15, 0.2) is 0 Å². The fourth-order valence-corrected chi connectivity index (χ4v) is 5.94. The van der Waals surface area contributed by atoms with Crippen LogP contribution in [-0.2, 0) is 7.05 Å². The molecule has 8 rings (SSSR count). The van der Waals surface area contributed by atoms with Gasteiger partial charge in [-0.3, -0.25) is 9.97 Å². The van der Waals surface area contributed by atoms with Crippen LogP contribution in [0.4, 0.5) is 17.1 Å². The Morgan fingerprint density at radius 2 is 1.39 bits per heavy atom. The van der Waals surface area contributed by atoms with Crippen LogP contribution in [0.3, 0.4) is 0 Å². The molecule has 7 aromatic rings. The number of para-hydroxylation sites is 3. The summed E-state index contributed by atoms with van der Waals surface area (Å²) in [5, 5.41) is 0. The van der Waals surface area contributed by atoms with Gasteiger partial charge in [0.2, 0.25) is 0 Å². The Bertz CT molecular complexity index is 2080. The Morgan fingerprint density at radius 1 is 0.561 bits per heavy atom. The molecule has 5 heteroatoms. The molecule has 0 saturated carbocycles. The summed E-state index contributed by atoms with van der Waals surface area (Å²) in [5.41, 5.74) is 12.6. The Kier molecular flexibility index (Phi) is 5.28. The Balaban J connectivity index is 1.41. The van der Waals surface area contributed by atoms with Crippen LogP contribution in [0.5, 0.6) is 0 Å². The van der Waals surface area contributed by atoms with Crippen LogP contribution in [-0.4, -0.2) is 19.5 Å². The maximum absolute atomic E-state index is 5.02. The van der Waals surface area contributed by atoms with E-state index >= 15 is 0 Å². The molecular formula is C36H25N5. The highest BCUT2D eigenvalue weighted by molar-refractivity contribution is 6.02. The number of benzene rings is 4. The number of rotatable bonds is 3. The minimum Gasteiger partial charge on any atom is -0.327 e. The highest BCUT2D eigenvalue weighted by Crippen LogP contribution is 2.51. The number of aromatic nitrogens is 4. The number of hydrogen-bond acceptors (Lipinski definition) is 4. The van der Waals surface area contributed by atoms with Crippen molar-refractivity contribution in [2.24, 2.45) is 7.05 Å². The predicted octanol–water partition coefficient (Wildman–Crippen LogP) is 8.81. The quantitative estimate of drug-likeness (QED) is 0.230. The normalized spacial score (nSPS) is 12.0. The molecule has 0 unspecified atom stereocenters. The number of fused-ring (bicyclic) bond motifs is 6. The van der Waals surface area contributed by atoms with Gasteiger partial charge in [-0.25, -0.2) is 4.98 Å². The van der Waals surface area contributed by atoms with Gasteiger partial charge in [-0.15, -0.1) is 0 Å². The van der Waals surface area contributed by atoms with Crippen LogP contribution in [0.2, 0.25) is 0 Å². The van der Waals surface area contributed by atoms with Gasteiger partial charge in [0.05, 0.1) is 33.8 Å². The van der Waals surface area contributed by atoms with Crippen LogP contribution in [0.1, 0.15) is 0 Å². The molecule has 5 nitrogen and oxygen atoms in total. The van der Waals surface area contributed by atoms with Gasteiger partial charge in [0.1, 0.15) is 5.82 Å². The molecule has 194 valence electrons. The van der Waals surface area contributed by atoms with Crippen molar-refractivity contribution in [1.82, 2.24) is 19.5 Å². The first-order chi connectivity index (χ1) is 20.3. The number of nitrogens with zero attached hydrogens (tertiary/aromatic N) is 5. The smallest absolute Gasteiger partial charge is 0.140 e. The molecule has 1 aliphatic heterocycles. The van der Waals surface area contributed by atoms with Crippen LogP contribution >= 0.6 is 0 Å². The molecule has 0 atom stereocenters. The molecule has 0 radical (unpaired) electrons. The van der Waals surface area contributed by atoms with Gasteiger partial charge >= 0.3 is 0 Å². The lowest BCUT2D eigenvalue weighted by atomic mass is 9.98. The fraction of sp³-hybridized carbons (Fsp3) is 0.0278. The molecule has 41 heavy (non-hydrogen) atoms. The second-order valence-electron chi connectivity index (χ2n) is 10.2. The molecule has 0 N–H and O–H groups in total. The SMILES string of the molecule is Cn1c(-c2ccc3c(c2)N(c2cccc(-c4ccccn4)c2)c2ccccc2-c2ncccc2-3)nc2ccccc21. The first-order valence-electron chi connectivity index (χ1n) is 13.7. The zero-order valence-electron chi connectivity index (χ0n) is 22.4. The second-order valence-corrected chi connectivity index (χ2v) is 10.2. The summed E-state index contributed by atoms with van der Waals surface area (Å²) >= 11 is 0. The third-order valence-corrected chi connectivity index (χ3v) is 7.85. The lowest BCUT2D eigenvalue weighted by Crippen LogP contribution is -2.11. The summed E-state index contributed by atoms with van der Waals surface area (Å²) < 4.78 is 2.17. The minimum atomic E-state index is 0.931. The van der Waals surface area contributed by atoms with Crippen molar-refractivity contribution in [2.45, 2.75) is 0 Å². The van der Waals surface area contributed by atoms with Gasteiger partial charge in [0.25, 0.3) is 0 Å². The Morgan fingerprint density at radius 3 is 2.29 bits per heavy atom. The van der Waals surface area contributed by atoms with Crippen molar-refractivity contribution in [2.75, 3.05) is 4.90 Å². The summed E-state index contributed by atoms with van der Waals surface area (Å²) in [6.45, 7) is 0. The second kappa shape index (κ2) is 9.28. The molecule has 4 heterocycles. The first-order valence-corrected chi connectivity index (χ1v) is 13.7. The van der Waals surface area contributed by atoms with Crippen LogP contribution in [0.15, 0.2) is 134 Å². The molecule has 0 aliphatic carbocycles. The molecule has 0 saturated heterocycles. The van der Waals surface area contributed by atoms with E-state index in [1.165, 1.54) is 0 Å². The standard InChI is InChI=1S/C36H25N5/c1-40-33-17-5-3-15-31(33)39-36(40)25-18-19-27-28-13-9-21-38-35(28)29-12-2-4-16-32(29)41(34(27)23-25)26-11-8-10-24(22-26)30-14-6-7-20-37-30/h2-23H,1H3. The van der Waals surface area contributed by atoms with Gasteiger partial charge in [-0.1, -0.05) is 66.7 Å². The van der Waals surface area contributed by atoms with Crippen molar-refractivity contribution in [1.29, 1.82) is 0 Å². The summed E-state index contributed by atoms with van der Waals surface area (Å²) in [5.74, 6) is 0.931. The average Bonchev–Trinajstić information content (AvgIpc) is 3.32. The van der Waals surface area contributed by atoms with Crippen molar-refractivity contribution in [3.63, 3.8) is 0 Å². The van der Waals surface area contributed by atoms with Crippen molar-refractivity contribution in [3.8, 4) is 45.0 Å². The van der Waals surface area contributed by atoms with Crippen molar-refractivity contribution in [3.05, 3.63) is 134 Å². The first kappa shape index (κ1) is 23.3. The fourth-order valence-electron chi connectivity index (χ4n) is 5.94. The van der Waals surface area contributed by atoms with Gasteiger partial charge in [0, 0.05) is 52.9 Å². The lowest BCUT2D eigenvalue weighted by Gasteiger charge is -2.28. The van der Waals surface area contributed by atoms with E-state index in [0.717, 1.165) is 73.1 Å². The third-order valence-electron chi connectivity index (χ3n) is 7.85. The van der Waals surface area contributed by atoms with E-state index in [-0.39, 0.29) is 0 Å². The molecular weight excluding hydrogens is 502 g/mol. The van der Waals surface area contributed by atoms with Gasteiger partial charge in [-0.05, 0) is 54.6 Å². The van der Waals surface area contributed by atoms with Gasteiger partial charge in [-0.2, -0.15) is 0 Å². The number of hydrogen-bond donors (Lipinski definition) is 0. The minimum absolute atomic E-state index is 0.931. The molecule has 0 spiro atoms. The van der Waals surface area contributed by atoms with E-state index in [0.29, 0.717) is 0 Å². The molecule has 0 bridgehead atoms. The third kappa shape index (κ3) is 3.74. The van der Waals surface area contributed by atoms with Crippen molar-refractivity contribution >= 4 is 28.1 Å². The predicted molar refractivity (Wildman–Crippen MR) is 166 cm³/mol. The van der Waals surface area contributed by atoms with Gasteiger partial charge < -0.3 is 9.47 Å². The number of aryl methyl sites for hydroxylation is 1. The molecule has 4 aromatic carbocycles. The summed E-state index contributed by atoms with van der Waals surface area (Å²) in [7, 11) is 2.08. The monoisotopic (exact) mass is 527 g/mol. The largest absolute Gasteiger partial charge is 0.327 e. The van der Waals surface area contributed by atoms with E-state index < -0.39 is 0 Å². The number of imidazole rings is 1. The maximum Gasteiger partial charge on any atom is 0.140 e. The van der Waals surface area contributed by atoms with E-state index in [1.807, 2.05) is 42.7 Å². The maximum atomic E-state index is 5.02. The Hall–Kier alpha value is -5.55. The molecule has 0 fully saturated rings. The molecule has 0 amide bonds. The highest BCUT2D eigenvalue weighted by Gasteiger charge is 2.27. The van der Waals surface area contributed by atoms with E-state index in [2.05, 4.69) is 112 Å². The highest BCUT2D eigenvalue weighted by atomic mass is 15.2. The van der Waals surface area contributed by atoms with Crippen LogP contribution in [0, 0.1) is 0 Å². The zero-order valence-corrected chi connectivity index (χ0v) is 22.4. The van der Waals surface area contributed by atoms with Crippen molar-refractivity contribution < 1.29 is 0 Å². The zero-order chi connectivity index (χ0) is 27.3. The van der Waals surface area contributed by atoms with Crippen LogP contribution in [0.25, 0.3) is 56.1 Å². The Labute approximate surface area is 238 Å². The van der Waals surface area contributed by atoms with Crippen LogP contribution < -0.4 is 4.90 Å². The molecule has 3 aromatic heterocycles. The summed E-state index contributed by atoms with van der Waals surface area (Å²) in [6, 6.07) is 42.2. The number of pyridine rings is 2. The number of anilines is 3. The topological polar surface area (TPSA) is 46.8 Å². The van der Waals surface area contributed by atoms with E-state index in [1.54, 1.807) is 0 Å². The average molecular weight is 528 g/mol.